The first kappa shape index (κ1) is 18.6. The van der Waals surface area contributed by atoms with Crippen molar-refractivity contribution in [3.63, 3.8) is 0 Å². The minimum atomic E-state index is -3.55. The average molecular weight is 415 g/mol. The van der Waals surface area contributed by atoms with Crippen LogP contribution in [0.3, 0.4) is 0 Å². The third-order valence-electron chi connectivity index (χ3n) is 3.36. The third-order valence-corrected chi connectivity index (χ3v) is 5.58. The summed E-state index contributed by atoms with van der Waals surface area (Å²) in [6.07, 6.45) is -0.283. The molecular weight excluding hydrogens is 399 g/mol. The van der Waals surface area contributed by atoms with E-state index in [1.54, 1.807) is 18.2 Å². The van der Waals surface area contributed by atoms with Crippen LogP contribution in [0.15, 0.2) is 51.8 Å². The van der Waals surface area contributed by atoms with E-state index in [0.717, 1.165) is 5.56 Å². The van der Waals surface area contributed by atoms with Crippen molar-refractivity contribution in [2.45, 2.75) is 24.8 Å². The molecule has 0 fully saturated rings. The minimum Gasteiger partial charge on any atom is -0.461 e. The molecule has 0 aliphatic carbocycles. The second-order valence-electron chi connectivity index (χ2n) is 5.28. The number of esters is 1. The van der Waals surface area contributed by atoms with Crippen molar-refractivity contribution >= 4 is 31.7 Å². The fraction of sp³-hybridized carbons (Fsp3) is 0.235. The SMILES string of the molecule is Cc1ccc(S(=O)(=O)CCC(=O)OCc2ccc(Br)cc2F)cc1. The lowest BCUT2D eigenvalue weighted by molar-refractivity contribution is -0.144. The smallest absolute Gasteiger partial charge is 0.307 e. The van der Waals surface area contributed by atoms with Gasteiger partial charge in [-0.1, -0.05) is 39.7 Å². The number of benzene rings is 2. The maximum absolute atomic E-state index is 13.6. The molecule has 4 nitrogen and oxygen atoms in total. The van der Waals surface area contributed by atoms with E-state index in [1.807, 2.05) is 6.92 Å². The van der Waals surface area contributed by atoms with Gasteiger partial charge in [-0.15, -0.1) is 0 Å². The number of carbonyl (C=O) groups excluding carboxylic acids is 1. The van der Waals surface area contributed by atoms with Crippen molar-refractivity contribution in [1.29, 1.82) is 0 Å². The van der Waals surface area contributed by atoms with Crippen molar-refractivity contribution in [2.75, 3.05) is 5.75 Å². The largest absolute Gasteiger partial charge is 0.461 e. The first-order valence-corrected chi connectivity index (χ1v) is 9.61. The van der Waals surface area contributed by atoms with Crippen LogP contribution >= 0.6 is 15.9 Å². The number of ether oxygens (including phenoxy) is 1. The molecule has 0 amide bonds. The van der Waals surface area contributed by atoms with Crippen molar-refractivity contribution in [2.24, 2.45) is 0 Å². The zero-order chi connectivity index (χ0) is 17.7. The Morgan fingerprint density at radius 1 is 1.17 bits per heavy atom. The normalized spacial score (nSPS) is 11.3. The van der Waals surface area contributed by atoms with Gasteiger partial charge in [0.25, 0.3) is 0 Å². The molecule has 0 bridgehead atoms. The summed E-state index contributed by atoms with van der Waals surface area (Å²) in [5, 5.41) is 0. The van der Waals surface area contributed by atoms with Gasteiger partial charge in [-0.3, -0.25) is 4.79 Å². The zero-order valence-corrected chi connectivity index (χ0v) is 15.4. The Bertz CT molecular complexity index is 832. The fourth-order valence-corrected chi connectivity index (χ4v) is 3.51. The van der Waals surface area contributed by atoms with E-state index in [1.165, 1.54) is 24.3 Å². The van der Waals surface area contributed by atoms with Crippen LogP contribution < -0.4 is 0 Å². The second-order valence-corrected chi connectivity index (χ2v) is 8.30. The summed E-state index contributed by atoms with van der Waals surface area (Å²) < 4.78 is 43.4. The van der Waals surface area contributed by atoms with Crippen LogP contribution in [0.25, 0.3) is 0 Å². The molecule has 7 heteroatoms. The monoisotopic (exact) mass is 414 g/mol. The summed E-state index contributed by atoms with van der Waals surface area (Å²) in [5.74, 6) is -1.53. The Hall–Kier alpha value is -1.73. The summed E-state index contributed by atoms with van der Waals surface area (Å²) in [4.78, 5) is 11.9. The van der Waals surface area contributed by atoms with Crippen LogP contribution in [0.1, 0.15) is 17.5 Å². The van der Waals surface area contributed by atoms with Crippen molar-refractivity contribution < 1.29 is 22.3 Å². The Labute approximate surface area is 148 Å². The predicted octanol–water partition coefficient (Wildman–Crippen LogP) is 3.80. The zero-order valence-electron chi connectivity index (χ0n) is 13.0. The molecule has 0 radical (unpaired) electrons. The van der Waals surface area contributed by atoms with Crippen LogP contribution in [0.2, 0.25) is 0 Å². The van der Waals surface area contributed by atoms with Crippen LogP contribution in [0.5, 0.6) is 0 Å². The number of halogens is 2. The van der Waals surface area contributed by atoms with Crippen LogP contribution in [-0.4, -0.2) is 20.1 Å². The number of aryl methyl sites for hydroxylation is 1. The standard InChI is InChI=1S/C17H16BrFO4S/c1-12-2-6-15(7-3-12)24(21,22)9-8-17(20)23-11-13-4-5-14(18)10-16(13)19/h2-7,10H,8-9,11H2,1H3. The summed E-state index contributed by atoms with van der Waals surface area (Å²) in [6.45, 7) is 1.62. The molecule has 0 aliphatic rings. The Morgan fingerprint density at radius 3 is 2.46 bits per heavy atom. The first-order chi connectivity index (χ1) is 11.3. The molecule has 0 aliphatic heterocycles. The number of sulfone groups is 1. The molecule has 24 heavy (non-hydrogen) atoms. The highest BCUT2D eigenvalue weighted by molar-refractivity contribution is 9.10. The number of hydrogen-bond acceptors (Lipinski definition) is 4. The van der Waals surface area contributed by atoms with Gasteiger partial charge in [0, 0.05) is 10.0 Å². The van der Waals surface area contributed by atoms with Crippen molar-refractivity contribution in [3.05, 3.63) is 63.9 Å². The Balaban J connectivity index is 1.89. The van der Waals surface area contributed by atoms with Gasteiger partial charge in [0.05, 0.1) is 17.1 Å². The van der Waals surface area contributed by atoms with Crippen LogP contribution in [0, 0.1) is 12.7 Å². The van der Waals surface area contributed by atoms with Gasteiger partial charge in [0.15, 0.2) is 9.84 Å². The topological polar surface area (TPSA) is 60.4 Å². The second kappa shape index (κ2) is 7.90. The number of carbonyl (C=O) groups is 1. The van der Waals surface area contributed by atoms with E-state index in [2.05, 4.69) is 15.9 Å². The minimum absolute atomic E-state index is 0.167. The lowest BCUT2D eigenvalue weighted by Gasteiger charge is -2.07. The maximum Gasteiger partial charge on any atom is 0.307 e. The van der Waals surface area contributed by atoms with E-state index in [-0.39, 0.29) is 29.2 Å². The van der Waals surface area contributed by atoms with Crippen molar-refractivity contribution in [3.8, 4) is 0 Å². The molecule has 0 saturated heterocycles. The van der Waals surface area contributed by atoms with Crippen LogP contribution in [-0.2, 0) is 26.0 Å². The maximum atomic E-state index is 13.6. The number of hydrogen-bond donors (Lipinski definition) is 0. The summed E-state index contributed by atoms with van der Waals surface area (Å²) >= 11 is 3.14. The highest BCUT2D eigenvalue weighted by Crippen LogP contribution is 2.17. The van der Waals surface area contributed by atoms with Crippen LogP contribution in [0.4, 0.5) is 4.39 Å². The van der Waals surface area contributed by atoms with Gasteiger partial charge in [-0.05, 0) is 31.2 Å². The molecular formula is C17H16BrFO4S. The first-order valence-electron chi connectivity index (χ1n) is 7.17. The summed E-state index contributed by atoms with van der Waals surface area (Å²) in [7, 11) is -3.55. The molecule has 2 aromatic rings. The fourth-order valence-electron chi connectivity index (χ4n) is 1.95. The molecule has 0 aromatic heterocycles. The summed E-state index contributed by atoms with van der Waals surface area (Å²) in [6, 6.07) is 10.8. The van der Waals surface area contributed by atoms with Gasteiger partial charge in [-0.25, -0.2) is 12.8 Å². The molecule has 0 unspecified atom stereocenters. The van der Waals surface area contributed by atoms with Gasteiger partial charge < -0.3 is 4.74 Å². The van der Waals surface area contributed by atoms with E-state index >= 15 is 0 Å². The van der Waals surface area contributed by atoms with Gasteiger partial charge in [0.2, 0.25) is 0 Å². The molecule has 0 spiro atoms. The van der Waals surface area contributed by atoms with Gasteiger partial charge >= 0.3 is 5.97 Å². The quantitative estimate of drug-likeness (QED) is 0.674. The molecule has 0 N–H and O–H groups in total. The Kier molecular flexibility index (Phi) is 6.12. The molecule has 2 rings (SSSR count). The Morgan fingerprint density at radius 2 is 1.83 bits per heavy atom. The van der Waals surface area contributed by atoms with E-state index in [4.69, 9.17) is 4.74 Å². The van der Waals surface area contributed by atoms with E-state index in [0.29, 0.717) is 4.47 Å². The molecule has 128 valence electrons. The molecule has 0 saturated carbocycles. The third kappa shape index (κ3) is 5.14. The summed E-state index contributed by atoms with van der Waals surface area (Å²) in [5.41, 5.74) is 1.18. The molecule has 0 atom stereocenters. The van der Waals surface area contributed by atoms with E-state index in [9.17, 15) is 17.6 Å². The van der Waals surface area contributed by atoms with Gasteiger partial charge in [-0.2, -0.15) is 0 Å². The molecule has 2 aromatic carbocycles. The highest BCUT2D eigenvalue weighted by atomic mass is 79.9. The molecule has 0 heterocycles. The lowest BCUT2D eigenvalue weighted by atomic mass is 10.2. The van der Waals surface area contributed by atoms with E-state index < -0.39 is 21.6 Å². The van der Waals surface area contributed by atoms with Gasteiger partial charge in [0.1, 0.15) is 12.4 Å². The average Bonchev–Trinajstić information content (AvgIpc) is 2.52. The van der Waals surface area contributed by atoms with Crippen molar-refractivity contribution in [1.82, 2.24) is 0 Å². The highest BCUT2D eigenvalue weighted by Gasteiger charge is 2.17. The number of rotatable bonds is 6. The predicted molar refractivity (Wildman–Crippen MR) is 91.7 cm³/mol. The lowest BCUT2D eigenvalue weighted by Crippen LogP contribution is -2.14.